The Kier molecular flexibility index (Phi) is 4.35. The number of alkyl halides is 1. The molecule has 1 aliphatic heterocycles. The fraction of sp³-hybridized carbons (Fsp3) is 0.222. The lowest BCUT2D eigenvalue weighted by molar-refractivity contribution is -0.138. The third-order valence-corrected chi connectivity index (χ3v) is 4.34. The van der Waals surface area contributed by atoms with E-state index in [-0.39, 0.29) is 5.91 Å². The first-order valence-electron chi connectivity index (χ1n) is 7.40. The van der Waals surface area contributed by atoms with Crippen LogP contribution < -0.4 is 4.90 Å². The highest BCUT2D eigenvalue weighted by molar-refractivity contribution is 6.18. The van der Waals surface area contributed by atoms with Gasteiger partial charge in [-0.25, -0.2) is 0 Å². The second-order valence-corrected chi connectivity index (χ2v) is 5.89. The molecule has 0 radical (unpaired) electrons. The summed E-state index contributed by atoms with van der Waals surface area (Å²) < 4.78 is 0. The van der Waals surface area contributed by atoms with Crippen molar-refractivity contribution in [2.75, 3.05) is 10.8 Å². The van der Waals surface area contributed by atoms with Gasteiger partial charge in [0, 0.05) is 17.1 Å². The molecule has 0 spiro atoms. The van der Waals surface area contributed by atoms with Crippen LogP contribution in [0.15, 0.2) is 48.5 Å². The van der Waals surface area contributed by atoms with Gasteiger partial charge >= 0.3 is 5.97 Å². The molecule has 0 aliphatic carbocycles. The molecular formula is C18H16ClNO3. The second kappa shape index (κ2) is 6.42. The van der Waals surface area contributed by atoms with Crippen LogP contribution >= 0.6 is 11.6 Å². The predicted octanol–water partition coefficient (Wildman–Crippen LogP) is 3.64. The third kappa shape index (κ3) is 2.94. The topological polar surface area (TPSA) is 57.6 Å². The van der Waals surface area contributed by atoms with E-state index in [4.69, 9.17) is 11.6 Å². The maximum Gasteiger partial charge on any atom is 0.311 e. The monoisotopic (exact) mass is 329 g/mol. The molecule has 1 unspecified atom stereocenters. The lowest BCUT2D eigenvalue weighted by atomic mass is 9.96. The summed E-state index contributed by atoms with van der Waals surface area (Å²) in [6.07, 6.45) is 0.379. The Balaban J connectivity index is 1.84. The Labute approximate surface area is 139 Å². The molecule has 3 rings (SSSR count). The molecule has 2 aromatic carbocycles. The Hall–Kier alpha value is -2.33. The van der Waals surface area contributed by atoms with Crippen LogP contribution in [-0.2, 0) is 11.3 Å². The van der Waals surface area contributed by atoms with Crippen molar-refractivity contribution in [1.82, 2.24) is 0 Å². The first-order valence-corrected chi connectivity index (χ1v) is 7.93. The number of carbonyl (C=O) groups excluding carboxylic acids is 1. The zero-order chi connectivity index (χ0) is 16.4. The van der Waals surface area contributed by atoms with Gasteiger partial charge in [0.05, 0.1) is 12.5 Å². The number of amides is 1. The van der Waals surface area contributed by atoms with Gasteiger partial charge < -0.3 is 10.0 Å². The van der Waals surface area contributed by atoms with Crippen LogP contribution in [0.5, 0.6) is 0 Å². The zero-order valence-corrected chi connectivity index (χ0v) is 13.2. The quantitative estimate of drug-likeness (QED) is 0.852. The van der Waals surface area contributed by atoms with E-state index in [0.717, 1.165) is 16.8 Å². The maximum absolute atomic E-state index is 12.4. The van der Waals surface area contributed by atoms with E-state index >= 15 is 0 Å². The molecule has 1 N–H and O–H groups in total. The summed E-state index contributed by atoms with van der Waals surface area (Å²) in [7, 11) is 0. The fourth-order valence-electron chi connectivity index (χ4n) is 2.89. The van der Waals surface area contributed by atoms with Gasteiger partial charge in [-0.3, -0.25) is 9.59 Å². The highest BCUT2D eigenvalue weighted by Crippen LogP contribution is 2.30. The van der Waals surface area contributed by atoms with Crippen LogP contribution in [0.25, 0.3) is 0 Å². The smallest absolute Gasteiger partial charge is 0.311 e. The Bertz CT molecular complexity index is 742. The average molecular weight is 330 g/mol. The standard InChI is InChI=1S/C18H16ClNO3/c19-10-9-16(18(22)23)12-5-7-14(8-6-12)20-11-13-3-1-2-4-15(13)17(20)21/h1-8,16H,9-11H2,(H,22,23). The molecule has 0 saturated carbocycles. The summed E-state index contributed by atoms with van der Waals surface area (Å²) in [5.74, 6) is -1.24. The lowest BCUT2D eigenvalue weighted by Crippen LogP contribution is -2.23. The average Bonchev–Trinajstić information content (AvgIpc) is 2.90. The zero-order valence-electron chi connectivity index (χ0n) is 12.4. The number of halogens is 1. The van der Waals surface area contributed by atoms with Gasteiger partial charge in [0.1, 0.15) is 0 Å². The SMILES string of the molecule is O=C(O)C(CCCl)c1ccc(N2Cc3ccccc3C2=O)cc1. The first kappa shape index (κ1) is 15.6. The summed E-state index contributed by atoms with van der Waals surface area (Å²) in [6, 6.07) is 14.7. The number of aliphatic carboxylic acids is 1. The molecule has 0 aromatic heterocycles. The van der Waals surface area contributed by atoms with Crippen LogP contribution in [-0.4, -0.2) is 22.9 Å². The minimum atomic E-state index is -0.886. The number of hydrogen-bond acceptors (Lipinski definition) is 2. The van der Waals surface area contributed by atoms with Gasteiger partial charge in [0.25, 0.3) is 5.91 Å². The number of carboxylic acids is 1. The number of fused-ring (bicyclic) bond motifs is 1. The molecule has 2 aromatic rings. The lowest BCUT2D eigenvalue weighted by Gasteiger charge is -2.17. The molecular weight excluding hydrogens is 314 g/mol. The molecule has 0 saturated heterocycles. The number of hydrogen-bond donors (Lipinski definition) is 1. The number of nitrogens with zero attached hydrogens (tertiary/aromatic N) is 1. The van der Waals surface area contributed by atoms with E-state index in [9.17, 15) is 14.7 Å². The molecule has 1 atom stereocenters. The van der Waals surface area contributed by atoms with Gasteiger partial charge in [-0.2, -0.15) is 0 Å². The van der Waals surface area contributed by atoms with Crippen molar-refractivity contribution < 1.29 is 14.7 Å². The van der Waals surface area contributed by atoms with Crippen molar-refractivity contribution in [2.45, 2.75) is 18.9 Å². The summed E-state index contributed by atoms with van der Waals surface area (Å²) >= 11 is 5.68. The Morgan fingerprint density at radius 1 is 1.17 bits per heavy atom. The molecule has 0 bridgehead atoms. The molecule has 5 heteroatoms. The number of rotatable bonds is 5. The van der Waals surface area contributed by atoms with Crippen LogP contribution in [0.1, 0.15) is 33.8 Å². The van der Waals surface area contributed by atoms with Crippen LogP contribution in [0.3, 0.4) is 0 Å². The third-order valence-electron chi connectivity index (χ3n) is 4.12. The molecule has 1 heterocycles. The highest BCUT2D eigenvalue weighted by atomic mass is 35.5. The van der Waals surface area contributed by atoms with E-state index in [0.29, 0.717) is 24.4 Å². The second-order valence-electron chi connectivity index (χ2n) is 5.51. The van der Waals surface area contributed by atoms with Crippen molar-refractivity contribution in [3.8, 4) is 0 Å². The van der Waals surface area contributed by atoms with E-state index in [1.165, 1.54) is 0 Å². The number of carboxylic acid groups (broad SMARTS) is 1. The van der Waals surface area contributed by atoms with E-state index in [1.807, 2.05) is 24.3 Å². The van der Waals surface area contributed by atoms with Gasteiger partial charge in [-0.15, -0.1) is 11.6 Å². The van der Waals surface area contributed by atoms with Crippen molar-refractivity contribution >= 4 is 29.2 Å². The fourth-order valence-corrected chi connectivity index (χ4v) is 3.11. The predicted molar refractivity (Wildman–Crippen MR) is 89.1 cm³/mol. The van der Waals surface area contributed by atoms with Crippen molar-refractivity contribution in [2.24, 2.45) is 0 Å². The summed E-state index contributed by atoms with van der Waals surface area (Å²) in [5, 5.41) is 9.28. The van der Waals surface area contributed by atoms with E-state index in [1.54, 1.807) is 29.2 Å². The highest BCUT2D eigenvalue weighted by Gasteiger charge is 2.28. The van der Waals surface area contributed by atoms with Crippen molar-refractivity contribution in [1.29, 1.82) is 0 Å². The Morgan fingerprint density at radius 3 is 2.48 bits per heavy atom. The maximum atomic E-state index is 12.4. The normalized spacial score (nSPS) is 14.7. The largest absolute Gasteiger partial charge is 0.481 e. The van der Waals surface area contributed by atoms with Gasteiger partial charge in [-0.1, -0.05) is 30.3 Å². The summed E-state index contributed by atoms with van der Waals surface area (Å²) in [6.45, 7) is 0.540. The molecule has 0 fully saturated rings. The minimum Gasteiger partial charge on any atom is -0.481 e. The molecule has 1 amide bonds. The van der Waals surface area contributed by atoms with Crippen LogP contribution in [0, 0.1) is 0 Å². The number of carbonyl (C=O) groups is 2. The molecule has 4 nitrogen and oxygen atoms in total. The summed E-state index contributed by atoms with van der Waals surface area (Å²) in [4.78, 5) is 25.4. The molecule has 1 aliphatic rings. The molecule has 23 heavy (non-hydrogen) atoms. The van der Waals surface area contributed by atoms with Crippen LogP contribution in [0.2, 0.25) is 0 Å². The Morgan fingerprint density at radius 2 is 1.87 bits per heavy atom. The van der Waals surface area contributed by atoms with Crippen LogP contribution in [0.4, 0.5) is 5.69 Å². The first-order chi connectivity index (χ1) is 11.1. The van der Waals surface area contributed by atoms with Gasteiger partial charge in [0.15, 0.2) is 0 Å². The number of benzene rings is 2. The minimum absolute atomic E-state index is 0.0242. The van der Waals surface area contributed by atoms with Gasteiger partial charge in [0.2, 0.25) is 0 Å². The van der Waals surface area contributed by atoms with E-state index < -0.39 is 11.9 Å². The summed E-state index contributed by atoms with van der Waals surface area (Å²) in [5.41, 5.74) is 3.20. The van der Waals surface area contributed by atoms with Crippen molar-refractivity contribution in [3.05, 3.63) is 65.2 Å². The van der Waals surface area contributed by atoms with E-state index in [2.05, 4.69) is 0 Å². The van der Waals surface area contributed by atoms with Gasteiger partial charge in [-0.05, 0) is 35.7 Å². The molecule has 118 valence electrons. The number of anilines is 1. The van der Waals surface area contributed by atoms with Crippen molar-refractivity contribution in [3.63, 3.8) is 0 Å².